The zero-order chi connectivity index (χ0) is 18.8. The number of aryl methyl sites for hydroxylation is 1. The lowest BCUT2D eigenvalue weighted by molar-refractivity contribution is 0.793. The summed E-state index contributed by atoms with van der Waals surface area (Å²) in [6, 6.07) is 24.4. The van der Waals surface area contributed by atoms with Crippen LogP contribution < -0.4 is 5.73 Å². The van der Waals surface area contributed by atoms with Gasteiger partial charge in [-0.1, -0.05) is 61.2 Å². The molecular formula is C24H21N3. The first-order valence-corrected chi connectivity index (χ1v) is 8.87. The van der Waals surface area contributed by atoms with Crippen molar-refractivity contribution >= 4 is 34.3 Å². The third kappa shape index (κ3) is 3.40. The molecule has 1 heterocycles. The second-order valence-corrected chi connectivity index (χ2v) is 6.59. The summed E-state index contributed by atoms with van der Waals surface area (Å²) in [6.07, 6.45) is 4.14. The Morgan fingerprint density at radius 3 is 2.48 bits per heavy atom. The average Bonchev–Trinajstić information content (AvgIpc) is 3.02. The summed E-state index contributed by atoms with van der Waals surface area (Å²) >= 11 is 0. The number of hydrogen-bond acceptors (Lipinski definition) is 2. The summed E-state index contributed by atoms with van der Waals surface area (Å²) in [5, 5.41) is 5.79. The maximum atomic E-state index is 5.91. The van der Waals surface area contributed by atoms with E-state index in [0.29, 0.717) is 0 Å². The van der Waals surface area contributed by atoms with Crippen LogP contribution in [0.2, 0.25) is 0 Å². The van der Waals surface area contributed by atoms with Crippen LogP contribution in [0.4, 0.5) is 5.69 Å². The zero-order valence-corrected chi connectivity index (χ0v) is 15.3. The predicted octanol–water partition coefficient (Wildman–Crippen LogP) is 5.39. The van der Waals surface area contributed by atoms with Crippen molar-refractivity contribution < 1.29 is 0 Å². The maximum Gasteiger partial charge on any atom is 0.0929 e. The molecule has 3 aromatic carbocycles. The van der Waals surface area contributed by atoms with Gasteiger partial charge in [0, 0.05) is 18.1 Å². The lowest BCUT2D eigenvalue weighted by Gasteiger charge is -2.08. The lowest BCUT2D eigenvalue weighted by Crippen LogP contribution is -1.92. The van der Waals surface area contributed by atoms with Gasteiger partial charge in [0.15, 0.2) is 0 Å². The number of aromatic nitrogens is 2. The van der Waals surface area contributed by atoms with Crippen molar-refractivity contribution in [2.45, 2.75) is 0 Å². The molecule has 3 heteroatoms. The molecule has 27 heavy (non-hydrogen) atoms. The molecule has 132 valence electrons. The van der Waals surface area contributed by atoms with E-state index in [4.69, 9.17) is 5.73 Å². The van der Waals surface area contributed by atoms with E-state index in [1.807, 2.05) is 54.2 Å². The Morgan fingerprint density at radius 1 is 0.926 bits per heavy atom. The summed E-state index contributed by atoms with van der Waals surface area (Å²) in [4.78, 5) is 0. The van der Waals surface area contributed by atoms with Gasteiger partial charge in [0.05, 0.1) is 11.2 Å². The summed E-state index contributed by atoms with van der Waals surface area (Å²) in [7, 11) is 1.97. The van der Waals surface area contributed by atoms with Crippen molar-refractivity contribution in [2.75, 3.05) is 5.73 Å². The molecule has 0 aliphatic carbocycles. The third-order valence-electron chi connectivity index (χ3n) is 4.70. The van der Waals surface area contributed by atoms with E-state index < -0.39 is 0 Å². The van der Waals surface area contributed by atoms with Crippen molar-refractivity contribution in [1.29, 1.82) is 0 Å². The SMILES string of the molecule is C=C(c1cccc(N)c1)c1ccc2c(/C=C/c3ccccc3)nn(C)c2c1. The van der Waals surface area contributed by atoms with E-state index in [2.05, 4.69) is 54.2 Å². The summed E-state index contributed by atoms with van der Waals surface area (Å²) in [5.74, 6) is 0. The third-order valence-corrected chi connectivity index (χ3v) is 4.70. The number of benzene rings is 3. The van der Waals surface area contributed by atoms with Crippen LogP contribution in [-0.4, -0.2) is 9.78 Å². The Labute approximate surface area is 159 Å². The largest absolute Gasteiger partial charge is 0.399 e. The van der Waals surface area contributed by atoms with Crippen LogP contribution in [0.25, 0.3) is 28.6 Å². The van der Waals surface area contributed by atoms with Gasteiger partial charge in [-0.2, -0.15) is 5.10 Å². The fourth-order valence-corrected chi connectivity index (χ4v) is 3.23. The highest BCUT2D eigenvalue weighted by Gasteiger charge is 2.10. The monoisotopic (exact) mass is 351 g/mol. The fourth-order valence-electron chi connectivity index (χ4n) is 3.23. The van der Waals surface area contributed by atoms with Gasteiger partial charge < -0.3 is 5.73 Å². The minimum absolute atomic E-state index is 0.739. The molecule has 4 rings (SSSR count). The molecule has 0 saturated heterocycles. The van der Waals surface area contributed by atoms with Gasteiger partial charge >= 0.3 is 0 Å². The lowest BCUT2D eigenvalue weighted by atomic mass is 9.98. The molecule has 0 atom stereocenters. The second kappa shape index (κ2) is 6.96. The molecule has 0 spiro atoms. The van der Waals surface area contributed by atoms with E-state index in [1.54, 1.807) is 0 Å². The van der Waals surface area contributed by atoms with Gasteiger partial charge in [-0.15, -0.1) is 0 Å². The van der Waals surface area contributed by atoms with Gasteiger partial charge in [-0.3, -0.25) is 4.68 Å². The average molecular weight is 351 g/mol. The van der Waals surface area contributed by atoms with Crippen LogP contribution in [0, 0.1) is 0 Å². The molecule has 3 nitrogen and oxygen atoms in total. The second-order valence-electron chi connectivity index (χ2n) is 6.59. The predicted molar refractivity (Wildman–Crippen MR) is 115 cm³/mol. The van der Waals surface area contributed by atoms with Crippen LogP contribution in [0.3, 0.4) is 0 Å². The Balaban J connectivity index is 1.71. The van der Waals surface area contributed by atoms with Crippen LogP contribution in [-0.2, 0) is 7.05 Å². The Morgan fingerprint density at radius 2 is 1.70 bits per heavy atom. The smallest absolute Gasteiger partial charge is 0.0929 e. The number of nitrogens with zero attached hydrogens (tertiary/aromatic N) is 2. The van der Waals surface area contributed by atoms with Crippen LogP contribution in [0.5, 0.6) is 0 Å². The van der Waals surface area contributed by atoms with Crippen molar-refractivity contribution in [3.63, 3.8) is 0 Å². The molecule has 4 aromatic rings. The summed E-state index contributed by atoms with van der Waals surface area (Å²) in [5.41, 5.74) is 12.9. The molecule has 1 aromatic heterocycles. The molecule has 0 radical (unpaired) electrons. The number of anilines is 1. The molecule has 0 aliphatic rings. The highest BCUT2D eigenvalue weighted by molar-refractivity contribution is 5.93. The highest BCUT2D eigenvalue weighted by Crippen LogP contribution is 2.28. The quantitative estimate of drug-likeness (QED) is 0.501. The normalized spacial score (nSPS) is 11.3. The molecule has 0 fully saturated rings. The summed E-state index contributed by atoms with van der Waals surface area (Å²) in [6.45, 7) is 4.26. The molecule has 0 aliphatic heterocycles. The maximum absolute atomic E-state index is 5.91. The van der Waals surface area contributed by atoms with Crippen LogP contribution >= 0.6 is 0 Å². The Bertz CT molecular complexity index is 1150. The van der Waals surface area contributed by atoms with Crippen molar-refractivity contribution in [1.82, 2.24) is 9.78 Å². The molecule has 0 amide bonds. The first-order chi connectivity index (χ1) is 13.1. The standard InChI is InChI=1S/C24H21N3/c1-17(19-9-6-10-21(25)15-19)20-12-13-22-23(26-27(2)24(22)16-20)14-11-18-7-4-3-5-8-18/h3-16H,1,25H2,2H3/b14-11+. The number of nitrogen functional groups attached to an aromatic ring is 1. The van der Waals surface area contributed by atoms with Gasteiger partial charge in [0.25, 0.3) is 0 Å². The van der Waals surface area contributed by atoms with Gasteiger partial charge in [0.1, 0.15) is 0 Å². The van der Waals surface area contributed by atoms with E-state index in [-0.39, 0.29) is 0 Å². The van der Waals surface area contributed by atoms with Crippen molar-refractivity contribution in [3.05, 3.63) is 102 Å². The van der Waals surface area contributed by atoms with E-state index >= 15 is 0 Å². The van der Waals surface area contributed by atoms with E-state index in [0.717, 1.165) is 44.5 Å². The highest BCUT2D eigenvalue weighted by atomic mass is 15.3. The van der Waals surface area contributed by atoms with Gasteiger partial charge in [0.2, 0.25) is 0 Å². The van der Waals surface area contributed by atoms with E-state index in [9.17, 15) is 0 Å². The minimum Gasteiger partial charge on any atom is -0.399 e. The Kier molecular flexibility index (Phi) is 4.35. The van der Waals surface area contributed by atoms with Crippen molar-refractivity contribution in [2.24, 2.45) is 7.05 Å². The van der Waals surface area contributed by atoms with E-state index in [1.165, 1.54) is 0 Å². The Hall–Kier alpha value is -3.59. The first-order valence-electron chi connectivity index (χ1n) is 8.87. The summed E-state index contributed by atoms with van der Waals surface area (Å²) < 4.78 is 1.91. The van der Waals surface area contributed by atoms with Crippen LogP contribution in [0.1, 0.15) is 22.4 Å². The number of fused-ring (bicyclic) bond motifs is 1. The van der Waals surface area contributed by atoms with Gasteiger partial charge in [-0.05, 0) is 52.6 Å². The number of rotatable bonds is 4. The first kappa shape index (κ1) is 16.9. The molecule has 2 N–H and O–H groups in total. The molecular weight excluding hydrogens is 330 g/mol. The molecule has 0 saturated carbocycles. The topological polar surface area (TPSA) is 43.8 Å². The minimum atomic E-state index is 0.739. The zero-order valence-electron chi connectivity index (χ0n) is 15.3. The van der Waals surface area contributed by atoms with Crippen molar-refractivity contribution in [3.8, 4) is 0 Å². The number of hydrogen-bond donors (Lipinski definition) is 1. The fraction of sp³-hybridized carbons (Fsp3) is 0.0417. The molecule has 0 unspecified atom stereocenters. The number of nitrogens with two attached hydrogens (primary N) is 1. The van der Waals surface area contributed by atoms with Gasteiger partial charge in [-0.25, -0.2) is 0 Å². The molecule has 0 bridgehead atoms. The van der Waals surface area contributed by atoms with Crippen LogP contribution in [0.15, 0.2) is 79.4 Å².